The predicted octanol–water partition coefficient (Wildman–Crippen LogP) is 4.70. The molecule has 1 unspecified atom stereocenters. The minimum absolute atomic E-state index is 0.0115. The summed E-state index contributed by atoms with van der Waals surface area (Å²) in [7, 11) is 1.38. The minimum Gasteiger partial charge on any atom is -0.487 e. The molecule has 2 aromatic rings. The van der Waals surface area contributed by atoms with Crippen LogP contribution in [0, 0.1) is 11.3 Å². The lowest BCUT2D eigenvalue weighted by molar-refractivity contribution is -0.164. The van der Waals surface area contributed by atoms with Crippen LogP contribution in [-0.4, -0.2) is 67.3 Å². The van der Waals surface area contributed by atoms with E-state index in [1.807, 2.05) is 6.92 Å². The number of likely N-dealkylation sites (tertiary alicyclic amines) is 1. The second-order valence-electron chi connectivity index (χ2n) is 11.4. The number of halogens is 3. The highest BCUT2D eigenvalue weighted by atomic mass is 35.5. The van der Waals surface area contributed by atoms with E-state index in [0.29, 0.717) is 68.0 Å². The van der Waals surface area contributed by atoms with Crippen LogP contribution in [0.4, 0.5) is 8.78 Å². The Morgan fingerprint density at radius 2 is 2.00 bits per heavy atom. The normalized spacial score (nSPS) is 24.3. The first-order chi connectivity index (χ1) is 20.1. The largest absolute Gasteiger partial charge is 0.487 e. The number of aliphatic carboxylic acids is 1. The SMILES string of the molecule is CC[C@]1(C(=O)O)CCCC[C@H]1C(=O)N1CCc2c(Cl)ccc(OCc3nnn(C)c3C(F)F)c2C1CN1CCCC1=O. The molecule has 3 heterocycles. The van der Waals surface area contributed by atoms with Crippen molar-refractivity contribution in [2.24, 2.45) is 18.4 Å². The summed E-state index contributed by atoms with van der Waals surface area (Å²) >= 11 is 6.66. The molecule has 5 rings (SSSR count). The Labute approximate surface area is 247 Å². The predicted molar refractivity (Wildman–Crippen MR) is 148 cm³/mol. The van der Waals surface area contributed by atoms with Gasteiger partial charge >= 0.3 is 5.97 Å². The Bertz CT molecular complexity index is 1370. The van der Waals surface area contributed by atoms with Gasteiger partial charge in [0.15, 0.2) is 0 Å². The highest BCUT2D eigenvalue weighted by Gasteiger charge is 2.52. The third-order valence-corrected chi connectivity index (χ3v) is 9.68. The zero-order chi connectivity index (χ0) is 30.2. The first kappa shape index (κ1) is 30.2. The van der Waals surface area contributed by atoms with Gasteiger partial charge in [-0.25, -0.2) is 13.5 Å². The number of carbonyl (C=O) groups is 3. The summed E-state index contributed by atoms with van der Waals surface area (Å²) in [6.45, 7) is 2.57. The molecule has 1 N–H and O–H groups in total. The van der Waals surface area contributed by atoms with E-state index in [1.54, 1.807) is 21.9 Å². The molecule has 1 aromatic carbocycles. The summed E-state index contributed by atoms with van der Waals surface area (Å²) in [5.41, 5.74) is -0.155. The summed E-state index contributed by atoms with van der Waals surface area (Å²) in [5, 5.41) is 18.3. The van der Waals surface area contributed by atoms with E-state index >= 15 is 0 Å². The molecule has 2 amide bonds. The lowest BCUT2D eigenvalue weighted by Gasteiger charge is -2.46. The number of aromatic nitrogens is 3. The number of alkyl halides is 2. The summed E-state index contributed by atoms with van der Waals surface area (Å²) in [6.07, 6.45) is 1.46. The van der Waals surface area contributed by atoms with Crippen molar-refractivity contribution in [1.82, 2.24) is 24.8 Å². The topological polar surface area (TPSA) is 118 Å². The molecule has 2 fully saturated rings. The highest BCUT2D eigenvalue weighted by Crippen LogP contribution is 2.48. The van der Waals surface area contributed by atoms with Gasteiger partial charge in [-0.2, -0.15) is 0 Å². The van der Waals surface area contributed by atoms with Crippen LogP contribution in [0.1, 0.15) is 86.9 Å². The van der Waals surface area contributed by atoms with Gasteiger partial charge in [-0.3, -0.25) is 14.4 Å². The zero-order valence-electron chi connectivity index (χ0n) is 23.8. The van der Waals surface area contributed by atoms with E-state index in [0.717, 1.165) is 23.1 Å². The second-order valence-corrected chi connectivity index (χ2v) is 11.8. The fourth-order valence-corrected chi connectivity index (χ4v) is 7.28. The molecule has 13 heteroatoms. The van der Waals surface area contributed by atoms with Crippen LogP contribution in [0.25, 0.3) is 0 Å². The lowest BCUT2D eigenvalue weighted by Crippen LogP contribution is -2.53. The van der Waals surface area contributed by atoms with Crippen molar-refractivity contribution >= 4 is 29.4 Å². The van der Waals surface area contributed by atoms with Gasteiger partial charge in [0.05, 0.1) is 17.4 Å². The smallest absolute Gasteiger partial charge is 0.310 e. The number of carboxylic acids is 1. The molecule has 42 heavy (non-hydrogen) atoms. The molecule has 3 atom stereocenters. The van der Waals surface area contributed by atoms with E-state index in [1.165, 1.54) is 7.05 Å². The van der Waals surface area contributed by atoms with Gasteiger partial charge in [-0.1, -0.05) is 36.6 Å². The average molecular weight is 608 g/mol. The number of hydrogen-bond donors (Lipinski definition) is 1. The van der Waals surface area contributed by atoms with Crippen LogP contribution >= 0.6 is 11.6 Å². The summed E-state index contributed by atoms with van der Waals surface area (Å²) in [5.74, 6) is -1.59. The quantitative estimate of drug-likeness (QED) is 0.439. The number of carbonyl (C=O) groups excluding carboxylic acids is 2. The highest BCUT2D eigenvalue weighted by molar-refractivity contribution is 6.31. The van der Waals surface area contributed by atoms with Crippen LogP contribution in [0.3, 0.4) is 0 Å². The maximum atomic E-state index is 14.4. The van der Waals surface area contributed by atoms with Crippen LogP contribution in [0.5, 0.6) is 5.75 Å². The van der Waals surface area contributed by atoms with E-state index in [-0.39, 0.29) is 36.4 Å². The maximum Gasteiger partial charge on any atom is 0.310 e. The Hall–Kier alpha value is -3.28. The van der Waals surface area contributed by atoms with Gasteiger partial charge in [0, 0.05) is 43.7 Å². The monoisotopic (exact) mass is 607 g/mol. The Kier molecular flexibility index (Phi) is 8.73. The first-order valence-corrected chi connectivity index (χ1v) is 14.9. The summed E-state index contributed by atoms with van der Waals surface area (Å²) < 4.78 is 34.4. The number of aryl methyl sites for hydroxylation is 1. The van der Waals surface area contributed by atoms with Gasteiger partial charge in [0.1, 0.15) is 23.7 Å². The molecule has 1 aliphatic carbocycles. The molecule has 1 saturated heterocycles. The third kappa shape index (κ3) is 5.33. The van der Waals surface area contributed by atoms with Gasteiger partial charge in [0.25, 0.3) is 6.43 Å². The fourth-order valence-electron chi connectivity index (χ4n) is 7.02. The molecule has 228 valence electrons. The van der Waals surface area contributed by atoms with Crippen LogP contribution in [-0.2, 0) is 34.5 Å². The number of benzene rings is 1. The summed E-state index contributed by atoms with van der Waals surface area (Å²) in [4.78, 5) is 43.1. The number of ether oxygens (including phenoxy) is 1. The molecule has 0 radical (unpaired) electrons. The molecule has 3 aliphatic rings. The van der Waals surface area contributed by atoms with E-state index in [2.05, 4.69) is 10.3 Å². The zero-order valence-corrected chi connectivity index (χ0v) is 24.6. The molecule has 0 spiro atoms. The van der Waals surface area contributed by atoms with E-state index < -0.39 is 29.8 Å². The molecular formula is C29H36ClF2N5O5. The standard InChI is InChI=1S/C29H36ClF2N5O5/c1-3-29(28(40)41)12-5-4-7-18(29)27(39)37-14-11-17-19(30)9-10-22(24(17)21(37)15-36-13-6-8-23(36)38)42-16-20-25(26(31)32)35(2)34-33-20/h9-10,18,21,26H,3-8,11-16H2,1-2H3,(H,40,41)/t18-,21?,29-/m0/s1. The van der Waals surface area contributed by atoms with Gasteiger partial charge in [0.2, 0.25) is 11.8 Å². The van der Waals surface area contributed by atoms with Crippen molar-refractivity contribution in [2.45, 2.75) is 77.4 Å². The third-order valence-electron chi connectivity index (χ3n) is 9.32. The average Bonchev–Trinajstić information content (AvgIpc) is 3.56. The number of rotatable bonds is 9. The molecule has 1 saturated carbocycles. The lowest BCUT2D eigenvalue weighted by atomic mass is 9.64. The van der Waals surface area contributed by atoms with Crippen LogP contribution < -0.4 is 4.74 Å². The fraction of sp³-hybridized carbons (Fsp3) is 0.621. The van der Waals surface area contributed by atoms with Crippen molar-refractivity contribution in [3.63, 3.8) is 0 Å². The van der Waals surface area contributed by atoms with Gasteiger partial charge in [-0.15, -0.1) is 5.10 Å². The molecule has 10 nitrogen and oxygen atoms in total. The second kappa shape index (κ2) is 12.1. The van der Waals surface area contributed by atoms with Gasteiger partial charge in [-0.05, 0) is 49.8 Å². The Balaban J connectivity index is 1.54. The van der Waals surface area contributed by atoms with Crippen molar-refractivity contribution < 1.29 is 33.0 Å². The molecular weight excluding hydrogens is 572 g/mol. The van der Waals surface area contributed by atoms with Crippen molar-refractivity contribution in [3.05, 3.63) is 39.7 Å². The summed E-state index contributed by atoms with van der Waals surface area (Å²) in [6, 6.07) is 2.66. The van der Waals surface area contributed by atoms with E-state index in [4.69, 9.17) is 16.3 Å². The van der Waals surface area contributed by atoms with Crippen molar-refractivity contribution in [1.29, 1.82) is 0 Å². The number of nitrogens with zero attached hydrogens (tertiary/aromatic N) is 5. The van der Waals surface area contributed by atoms with Crippen molar-refractivity contribution in [2.75, 3.05) is 19.6 Å². The van der Waals surface area contributed by atoms with Crippen LogP contribution in [0.15, 0.2) is 12.1 Å². The van der Waals surface area contributed by atoms with Gasteiger partial charge < -0.3 is 19.6 Å². The minimum atomic E-state index is -2.80. The molecule has 2 aliphatic heterocycles. The van der Waals surface area contributed by atoms with E-state index in [9.17, 15) is 28.3 Å². The Morgan fingerprint density at radius 1 is 1.21 bits per heavy atom. The number of amides is 2. The number of hydrogen-bond acceptors (Lipinski definition) is 6. The first-order valence-electron chi connectivity index (χ1n) is 14.5. The van der Waals surface area contributed by atoms with Crippen molar-refractivity contribution in [3.8, 4) is 5.75 Å². The number of carboxylic acid groups (broad SMARTS) is 1. The Morgan fingerprint density at radius 3 is 2.67 bits per heavy atom. The maximum absolute atomic E-state index is 14.4. The molecule has 0 bridgehead atoms. The molecule has 1 aromatic heterocycles. The van der Waals surface area contributed by atoms with Crippen LogP contribution in [0.2, 0.25) is 5.02 Å². The number of fused-ring (bicyclic) bond motifs is 1.